The highest BCUT2D eigenvalue weighted by molar-refractivity contribution is 4.88. The molecule has 1 nitrogen and oxygen atoms in total. The highest BCUT2D eigenvalue weighted by Gasteiger charge is 2.37. The predicted molar refractivity (Wildman–Crippen MR) is 175 cm³/mol. The second-order valence-corrected chi connectivity index (χ2v) is 13.6. The van der Waals surface area contributed by atoms with Crippen LogP contribution in [0.25, 0.3) is 0 Å². The van der Waals surface area contributed by atoms with Crippen LogP contribution in [0.1, 0.15) is 213 Å². The molecule has 0 radical (unpaired) electrons. The Morgan fingerprint density at radius 3 is 1.10 bits per heavy atom. The van der Waals surface area contributed by atoms with Gasteiger partial charge in [-0.05, 0) is 55.8 Å². The molecule has 0 spiro atoms. The van der Waals surface area contributed by atoms with Crippen molar-refractivity contribution in [2.45, 2.75) is 213 Å². The van der Waals surface area contributed by atoms with Gasteiger partial charge in [0.05, 0.1) is 6.07 Å². The first-order chi connectivity index (χ1) is 19.3. The van der Waals surface area contributed by atoms with E-state index in [-0.39, 0.29) is 0 Å². The maximum absolute atomic E-state index is 8.79. The summed E-state index contributed by atoms with van der Waals surface area (Å²) in [6.07, 6.45) is 42.6. The first-order valence-corrected chi connectivity index (χ1v) is 18.6. The van der Waals surface area contributed by atoms with Crippen LogP contribution in [0.5, 0.6) is 0 Å². The van der Waals surface area contributed by atoms with Gasteiger partial charge in [0, 0.05) is 6.42 Å². The fourth-order valence-corrected chi connectivity index (χ4v) is 7.82. The standard InChI is InChI=1S/C38H73N/c1-4-7-10-13-16-19-24-29-36-33-32-35(28-23-12-9-6-3)37(30-25-20-14-11-8-5-2)38(36)31-26-21-17-15-18-22-27-34-39/h35-38H,4-33H2,1-3H3. The number of nitriles is 1. The zero-order valence-corrected chi connectivity index (χ0v) is 27.5. The third kappa shape index (κ3) is 19.3. The van der Waals surface area contributed by atoms with Crippen LogP contribution in [-0.2, 0) is 0 Å². The summed E-state index contributed by atoms with van der Waals surface area (Å²) in [6.45, 7) is 7.03. The molecule has 4 unspecified atom stereocenters. The largest absolute Gasteiger partial charge is 0.198 e. The topological polar surface area (TPSA) is 23.8 Å². The molecule has 0 aromatic carbocycles. The van der Waals surface area contributed by atoms with Gasteiger partial charge in [0.1, 0.15) is 0 Å². The lowest BCUT2D eigenvalue weighted by molar-refractivity contribution is 0.0581. The molecule has 0 N–H and O–H groups in total. The molecule has 1 aliphatic carbocycles. The van der Waals surface area contributed by atoms with E-state index in [4.69, 9.17) is 5.26 Å². The lowest BCUT2D eigenvalue weighted by atomic mass is 9.61. The summed E-state index contributed by atoms with van der Waals surface area (Å²) in [6, 6.07) is 2.31. The second kappa shape index (κ2) is 27.6. The van der Waals surface area contributed by atoms with Gasteiger partial charge in [-0.25, -0.2) is 0 Å². The van der Waals surface area contributed by atoms with Crippen LogP contribution in [0.3, 0.4) is 0 Å². The highest BCUT2D eigenvalue weighted by atomic mass is 14.4. The average Bonchev–Trinajstić information content (AvgIpc) is 2.95. The van der Waals surface area contributed by atoms with Gasteiger partial charge in [0.25, 0.3) is 0 Å². The van der Waals surface area contributed by atoms with Gasteiger partial charge >= 0.3 is 0 Å². The third-order valence-electron chi connectivity index (χ3n) is 10.2. The Balaban J connectivity index is 2.69. The van der Waals surface area contributed by atoms with Gasteiger partial charge in [-0.2, -0.15) is 5.26 Å². The predicted octanol–water partition coefficient (Wildman–Crippen LogP) is 13.8. The number of rotatable bonds is 28. The van der Waals surface area contributed by atoms with Crippen molar-refractivity contribution in [2.24, 2.45) is 23.7 Å². The van der Waals surface area contributed by atoms with E-state index in [1.54, 1.807) is 12.8 Å². The van der Waals surface area contributed by atoms with Crippen LogP contribution in [-0.4, -0.2) is 0 Å². The molecule has 1 fully saturated rings. The van der Waals surface area contributed by atoms with Gasteiger partial charge in [0.2, 0.25) is 0 Å². The van der Waals surface area contributed by atoms with Crippen LogP contribution in [0.15, 0.2) is 0 Å². The Morgan fingerprint density at radius 1 is 0.410 bits per heavy atom. The Hall–Kier alpha value is -0.510. The van der Waals surface area contributed by atoms with Crippen LogP contribution >= 0.6 is 0 Å². The van der Waals surface area contributed by atoms with Gasteiger partial charge < -0.3 is 0 Å². The zero-order chi connectivity index (χ0) is 28.2. The summed E-state index contributed by atoms with van der Waals surface area (Å²) in [5.74, 6) is 4.09. The highest BCUT2D eigenvalue weighted by Crippen LogP contribution is 2.47. The molecule has 0 bridgehead atoms. The summed E-state index contributed by atoms with van der Waals surface area (Å²) in [5, 5.41) is 8.79. The minimum Gasteiger partial charge on any atom is -0.198 e. The lowest BCUT2D eigenvalue weighted by Gasteiger charge is -2.44. The Labute approximate surface area is 248 Å². The van der Waals surface area contributed by atoms with Crippen molar-refractivity contribution >= 4 is 0 Å². The van der Waals surface area contributed by atoms with Crippen LogP contribution < -0.4 is 0 Å². The van der Waals surface area contributed by atoms with Gasteiger partial charge in [-0.1, -0.05) is 175 Å². The maximum atomic E-state index is 8.79. The molecule has 1 aliphatic rings. The number of nitrogens with zero attached hydrogens (tertiary/aromatic N) is 1. The van der Waals surface area contributed by atoms with Crippen LogP contribution in [0.2, 0.25) is 0 Å². The molecule has 230 valence electrons. The van der Waals surface area contributed by atoms with Crippen molar-refractivity contribution in [3.63, 3.8) is 0 Å². The number of hydrogen-bond acceptors (Lipinski definition) is 1. The molecule has 0 heterocycles. The molecular weight excluding hydrogens is 470 g/mol. The number of hydrogen-bond donors (Lipinski definition) is 0. The summed E-state index contributed by atoms with van der Waals surface area (Å²) in [5.41, 5.74) is 0. The van der Waals surface area contributed by atoms with E-state index in [1.807, 2.05) is 0 Å². The quantitative estimate of drug-likeness (QED) is 0.0900. The minimum atomic E-state index is 0.752. The summed E-state index contributed by atoms with van der Waals surface area (Å²) < 4.78 is 0. The maximum Gasteiger partial charge on any atom is 0.0621 e. The molecule has 0 amide bonds. The lowest BCUT2D eigenvalue weighted by Crippen LogP contribution is -2.35. The molecule has 1 saturated carbocycles. The van der Waals surface area contributed by atoms with E-state index in [2.05, 4.69) is 26.8 Å². The molecule has 0 saturated heterocycles. The smallest absolute Gasteiger partial charge is 0.0621 e. The minimum absolute atomic E-state index is 0.752. The van der Waals surface area contributed by atoms with Crippen LogP contribution in [0.4, 0.5) is 0 Å². The van der Waals surface area contributed by atoms with E-state index < -0.39 is 0 Å². The van der Waals surface area contributed by atoms with Crippen molar-refractivity contribution in [3.05, 3.63) is 0 Å². The molecule has 0 aromatic rings. The van der Waals surface area contributed by atoms with Crippen molar-refractivity contribution in [3.8, 4) is 6.07 Å². The first-order valence-electron chi connectivity index (χ1n) is 18.6. The molecular formula is C38H73N. The summed E-state index contributed by atoms with van der Waals surface area (Å²) in [7, 11) is 0. The fourth-order valence-electron chi connectivity index (χ4n) is 7.82. The monoisotopic (exact) mass is 544 g/mol. The van der Waals surface area contributed by atoms with Gasteiger partial charge in [-0.15, -0.1) is 0 Å². The molecule has 0 aromatic heterocycles. The zero-order valence-electron chi connectivity index (χ0n) is 27.5. The molecule has 1 rings (SSSR count). The van der Waals surface area contributed by atoms with Crippen molar-refractivity contribution < 1.29 is 0 Å². The summed E-state index contributed by atoms with van der Waals surface area (Å²) in [4.78, 5) is 0. The summed E-state index contributed by atoms with van der Waals surface area (Å²) >= 11 is 0. The number of unbranched alkanes of at least 4 members (excludes halogenated alkanes) is 20. The van der Waals surface area contributed by atoms with Crippen LogP contribution in [0, 0.1) is 35.0 Å². The Kier molecular flexibility index (Phi) is 25.9. The van der Waals surface area contributed by atoms with E-state index in [1.165, 1.54) is 167 Å². The van der Waals surface area contributed by atoms with Gasteiger partial charge in [-0.3, -0.25) is 0 Å². The van der Waals surface area contributed by atoms with Gasteiger partial charge in [0.15, 0.2) is 0 Å². The van der Waals surface area contributed by atoms with Crippen molar-refractivity contribution in [2.75, 3.05) is 0 Å². The second-order valence-electron chi connectivity index (χ2n) is 13.6. The average molecular weight is 544 g/mol. The van der Waals surface area contributed by atoms with E-state index in [0.717, 1.165) is 36.5 Å². The molecule has 1 heteroatoms. The third-order valence-corrected chi connectivity index (χ3v) is 10.2. The fraction of sp³-hybridized carbons (Fsp3) is 0.974. The SMILES string of the molecule is CCCCCCCCCC1CCC(CCCCCC)C(CCCCCCCC)C1CCCCCCCCC#N. The Bertz CT molecular complexity index is 531. The van der Waals surface area contributed by atoms with E-state index in [9.17, 15) is 0 Å². The first kappa shape index (κ1) is 36.5. The molecule has 39 heavy (non-hydrogen) atoms. The Morgan fingerprint density at radius 2 is 0.718 bits per heavy atom. The molecule has 0 aliphatic heterocycles. The van der Waals surface area contributed by atoms with Crippen molar-refractivity contribution in [1.82, 2.24) is 0 Å². The van der Waals surface area contributed by atoms with E-state index in [0.29, 0.717) is 0 Å². The van der Waals surface area contributed by atoms with Crippen molar-refractivity contribution in [1.29, 1.82) is 5.26 Å². The molecule has 4 atom stereocenters. The van der Waals surface area contributed by atoms with E-state index >= 15 is 0 Å². The normalized spacial score (nSPS) is 21.3.